The van der Waals surface area contributed by atoms with Crippen molar-refractivity contribution in [3.63, 3.8) is 0 Å². The summed E-state index contributed by atoms with van der Waals surface area (Å²) in [5.74, 6) is -0.950. The Bertz CT molecular complexity index is 506. The van der Waals surface area contributed by atoms with Gasteiger partial charge in [0.25, 0.3) is 0 Å². The van der Waals surface area contributed by atoms with Gasteiger partial charge in [-0.2, -0.15) is 0 Å². The quantitative estimate of drug-likeness (QED) is 0.794. The average molecular weight is 389 g/mol. The zero-order valence-corrected chi connectivity index (χ0v) is 13.1. The molecule has 1 aliphatic rings. The first-order valence-corrected chi connectivity index (χ1v) is 7.47. The van der Waals surface area contributed by atoms with Gasteiger partial charge in [0.15, 0.2) is 0 Å². The van der Waals surface area contributed by atoms with Gasteiger partial charge < -0.3 is 14.7 Å². The molecule has 1 aromatic carbocycles. The fraction of sp³-hybridized carbons (Fsp3) is 0.429. The molecule has 1 atom stereocenters. The maximum Gasteiger partial charge on any atom is 0.305 e. The summed E-state index contributed by atoms with van der Waals surface area (Å²) in [6, 6.07) is 7.39. The zero-order valence-electron chi connectivity index (χ0n) is 10.9. The van der Waals surface area contributed by atoms with Crippen molar-refractivity contribution in [2.45, 2.75) is 18.9 Å². The van der Waals surface area contributed by atoms with Gasteiger partial charge in [-0.05, 0) is 40.3 Å². The van der Waals surface area contributed by atoms with E-state index in [9.17, 15) is 9.59 Å². The van der Waals surface area contributed by atoms with Gasteiger partial charge in [-0.25, -0.2) is 0 Å². The van der Waals surface area contributed by atoms with Crippen LogP contribution in [0.3, 0.4) is 0 Å². The molecule has 0 bridgehead atoms. The standard InChI is InChI=1S/C14H16INO4/c15-11-3-1-2-10(6-11)7-13(17)16-4-5-20-9-12(16)8-14(18)19/h1-3,6,12H,4-5,7-9H2,(H,18,19). The van der Waals surface area contributed by atoms with E-state index in [0.29, 0.717) is 26.2 Å². The Labute approximate surface area is 131 Å². The third kappa shape index (κ3) is 4.17. The summed E-state index contributed by atoms with van der Waals surface area (Å²) in [6.45, 7) is 1.22. The first kappa shape index (κ1) is 15.2. The highest BCUT2D eigenvalue weighted by Crippen LogP contribution is 2.14. The van der Waals surface area contributed by atoms with Crippen molar-refractivity contribution in [1.29, 1.82) is 0 Å². The van der Waals surface area contributed by atoms with Crippen LogP contribution in [0.15, 0.2) is 24.3 Å². The predicted octanol–water partition coefficient (Wildman–Crippen LogP) is 1.54. The van der Waals surface area contributed by atoms with Gasteiger partial charge in [0, 0.05) is 10.1 Å². The van der Waals surface area contributed by atoms with Gasteiger partial charge in [-0.15, -0.1) is 0 Å². The summed E-state index contributed by atoms with van der Waals surface area (Å²) in [4.78, 5) is 24.8. The number of amides is 1. The molecular formula is C14H16INO4. The molecule has 5 nitrogen and oxygen atoms in total. The van der Waals surface area contributed by atoms with Gasteiger partial charge in [0.2, 0.25) is 5.91 Å². The number of morpholine rings is 1. The maximum absolute atomic E-state index is 12.3. The van der Waals surface area contributed by atoms with E-state index in [1.54, 1.807) is 4.90 Å². The third-order valence-electron chi connectivity index (χ3n) is 3.20. The van der Waals surface area contributed by atoms with Crippen LogP contribution in [0, 0.1) is 3.57 Å². The molecule has 1 heterocycles. The van der Waals surface area contributed by atoms with Crippen LogP contribution in [0.2, 0.25) is 0 Å². The van der Waals surface area contributed by atoms with Crippen molar-refractivity contribution in [1.82, 2.24) is 4.90 Å². The van der Waals surface area contributed by atoms with E-state index in [1.807, 2.05) is 24.3 Å². The zero-order chi connectivity index (χ0) is 14.5. The Balaban J connectivity index is 2.04. The van der Waals surface area contributed by atoms with Crippen LogP contribution in [-0.4, -0.2) is 47.7 Å². The normalized spacial score (nSPS) is 18.9. The summed E-state index contributed by atoms with van der Waals surface area (Å²) in [7, 11) is 0. The number of halogens is 1. The number of hydrogen-bond donors (Lipinski definition) is 1. The molecular weight excluding hydrogens is 373 g/mol. The second-order valence-electron chi connectivity index (χ2n) is 4.72. The number of carbonyl (C=O) groups excluding carboxylic acids is 1. The van der Waals surface area contributed by atoms with E-state index in [4.69, 9.17) is 9.84 Å². The summed E-state index contributed by atoms with van der Waals surface area (Å²) in [5.41, 5.74) is 0.947. The van der Waals surface area contributed by atoms with Crippen molar-refractivity contribution >= 4 is 34.5 Å². The summed E-state index contributed by atoms with van der Waals surface area (Å²) >= 11 is 2.20. The molecule has 1 amide bonds. The molecule has 2 rings (SSSR count). The first-order chi connectivity index (χ1) is 9.56. The lowest BCUT2D eigenvalue weighted by molar-refractivity contribution is -0.145. The highest BCUT2D eigenvalue weighted by atomic mass is 127. The number of hydrogen-bond acceptors (Lipinski definition) is 3. The first-order valence-electron chi connectivity index (χ1n) is 6.39. The average Bonchev–Trinajstić information content (AvgIpc) is 2.38. The Hall–Kier alpha value is -1.15. The molecule has 1 N–H and O–H groups in total. The van der Waals surface area contributed by atoms with Gasteiger partial charge in [-0.1, -0.05) is 12.1 Å². The lowest BCUT2D eigenvalue weighted by Gasteiger charge is -2.35. The molecule has 1 fully saturated rings. The molecule has 0 spiro atoms. The highest BCUT2D eigenvalue weighted by molar-refractivity contribution is 14.1. The molecule has 108 valence electrons. The van der Waals surface area contributed by atoms with E-state index >= 15 is 0 Å². The largest absolute Gasteiger partial charge is 0.481 e. The van der Waals surface area contributed by atoms with E-state index in [1.165, 1.54) is 0 Å². The fourth-order valence-electron chi connectivity index (χ4n) is 2.28. The maximum atomic E-state index is 12.3. The molecule has 1 saturated heterocycles. The lowest BCUT2D eigenvalue weighted by atomic mass is 10.1. The number of aliphatic carboxylic acids is 1. The van der Waals surface area contributed by atoms with Crippen LogP contribution in [0.25, 0.3) is 0 Å². The Morgan fingerprint density at radius 2 is 2.25 bits per heavy atom. The van der Waals surface area contributed by atoms with Crippen molar-refractivity contribution in [3.8, 4) is 0 Å². The number of carbonyl (C=O) groups is 2. The molecule has 20 heavy (non-hydrogen) atoms. The predicted molar refractivity (Wildman–Crippen MR) is 81.4 cm³/mol. The molecule has 0 saturated carbocycles. The topological polar surface area (TPSA) is 66.8 Å². The molecule has 0 aromatic heterocycles. The molecule has 0 aliphatic carbocycles. The Morgan fingerprint density at radius 3 is 2.95 bits per heavy atom. The second kappa shape index (κ2) is 7.03. The SMILES string of the molecule is O=C(O)CC1COCCN1C(=O)Cc1cccc(I)c1. The monoisotopic (exact) mass is 389 g/mol. The summed E-state index contributed by atoms with van der Waals surface area (Å²) < 4.78 is 6.35. The second-order valence-corrected chi connectivity index (χ2v) is 5.97. The number of nitrogens with zero attached hydrogens (tertiary/aromatic N) is 1. The van der Waals surface area contributed by atoms with Crippen LogP contribution in [0.1, 0.15) is 12.0 Å². The highest BCUT2D eigenvalue weighted by Gasteiger charge is 2.28. The van der Waals surface area contributed by atoms with Crippen LogP contribution in [0.5, 0.6) is 0 Å². The van der Waals surface area contributed by atoms with Crippen molar-refractivity contribution in [3.05, 3.63) is 33.4 Å². The fourth-order valence-corrected chi connectivity index (χ4v) is 2.88. The molecule has 6 heteroatoms. The van der Waals surface area contributed by atoms with Gasteiger partial charge in [-0.3, -0.25) is 9.59 Å². The minimum atomic E-state index is -0.910. The van der Waals surface area contributed by atoms with E-state index < -0.39 is 5.97 Å². The van der Waals surface area contributed by atoms with E-state index in [0.717, 1.165) is 9.13 Å². The number of ether oxygens (including phenoxy) is 1. The van der Waals surface area contributed by atoms with Crippen LogP contribution in [0.4, 0.5) is 0 Å². The number of benzene rings is 1. The van der Waals surface area contributed by atoms with Crippen LogP contribution in [-0.2, 0) is 20.7 Å². The smallest absolute Gasteiger partial charge is 0.305 e. The van der Waals surface area contributed by atoms with E-state index in [-0.39, 0.29) is 18.4 Å². The number of carboxylic acids is 1. The van der Waals surface area contributed by atoms with Gasteiger partial charge in [0.05, 0.1) is 32.1 Å². The Morgan fingerprint density at radius 1 is 1.45 bits per heavy atom. The molecule has 0 radical (unpaired) electrons. The Kier molecular flexibility index (Phi) is 5.36. The minimum absolute atomic E-state index is 0.0402. The van der Waals surface area contributed by atoms with Crippen LogP contribution >= 0.6 is 22.6 Å². The summed E-state index contributed by atoms with van der Waals surface area (Å²) in [5, 5.41) is 8.90. The lowest BCUT2D eigenvalue weighted by Crippen LogP contribution is -2.50. The van der Waals surface area contributed by atoms with Crippen molar-refractivity contribution in [2.75, 3.05) is 19.8 Å². The van der Waals surface area contributed by atoms with Crippen LogP contribution < -0.4 is 0 Å². The number of carboxylic acid groups (broad SMARTS) is 1. The minimum Gasteiger partial charge on any atom is -0.481 e. The van der Waals surface area contributed by atoms with Gasteiger partial charge >= 0.3 is 5.97 Å². The molecule has 1 unspecified atom stereocenters. The molecule has 1 aliphatic heterocycles. The third-order valence-corrected chi connectivity index (χ3v) is 3.87. The number of rotatable bonds is 4. The van der Waals surface area contributed by atoms with Crippen molar-refractivity contribution in [2.24, 2.45) is 0 Å². The van der Waals surface area contributed by atoms with Gasteiger partial charge in [0.1, 0.15) is 0 Å². The van der Waals surface area contributed by atoms with E-state index in [2.05, 4.69) is 22.6 Å². The molecule has 1 aromatic rings. The summed E-state index contributed by atoms with van der Waals surface area (Å²) in [6.07, 6.45) is 0.227. The van der Waals surface area contributed by atoms with Crippen molar-refractivity contribution < 1.29 is 19.4 Å².